The minimum atomic E-state index is -0.217. The molecule has 8 heteroatoms. The molecule has 152 valence electrons. The first-order valence-electron chi connectivity index (χ1n) is 8.95. The second kappa shape index (κ2) is 9.99. The van der Waals surface area contributed by atoms with Crippen molar-refractivity contribution in [1.82, 2.24) is 9.55 Å². The molecule has 1 heterocycles. The van der Waals surface area contributed by atoms with Gasteiger partial charge in [0.1, 0.15) is 6.61 Å². The number of nitrogens with zero attached hydrogens (tertiary/aromatic N) is 2. The number of thioether (sulfide) groups is 1. The largest absolute Gasteiger partial charge is 0.493 e. The predicted molar refractivity (Wildman–Crippen MR) is 114 cm³/mol. The highest BCUT2D eigenvalue weighted by atomic mass is 32.2. The maximum Gasteiger partial charge on any atom is 0.255 e. The van der Waals surface area contributed by atoms with Gasteiger partial charge in [-0.15, -0.1) is 0 Å². The number of imidazole rings is 1. The van der Waals surface area contributed by atoms with Gasteiger partial charge in [0.25, 0.3) is 5.91 Å². The van der Waals surface area contributed by atoms with Gasteiger partial charge in [0, 0.05) is 42.5 Å². The lowest BCUT2D eigenvalue weighted by Gasteiger charge is -2.13. The average molecular weight is 413 g/mol. The summed E-state index contributed by atoms with van der Waals surface area (Å²) in [6.07, 6.45) is 5.57. The van der Waals surface area contributed by atoms with Crippen molar-refractivity contribution in [3.63, 3.8) is 0 Å². The van der Waals surface area contributed by atoms with Gasteiger partial charge in [-0.05, 0) is 36.6 Å². The third-order valence-corrected chi connectivity index (χ3v) is 4.81. The Morgan fingerprint density at radius 3 is 2.76 bits per heavy atom. The molecule has 0 radical (unpaired) electrons. The summed E-state index contributed by atoms with van der Waals surface area (Å²) in [4.78, 5) is 17.1. The van der Waals surface area contributed by atoms with Gasteiger partial charge in [-0.3, -0.25) is 9.36 Å². The molecule has 0 saturated heterocycles. The fourth-order valence-electron chi connectivity index (χ4n) is 2.74. The van der Waals surface area contributed by atoms with E-state index in [0.717, 1.165) is 10.8 Å². The molecular weight excluding hydrogens is 390 g/mol. The van der Waals surface area contributed by atoms with Crippen LogP contribution in [0.3, 0.4) is 0 Å². The minimum absolute atomic E-state index is 0.217. The van der Waals surface area contributed by atoms with Gasteiger partial charge in [0.2, 0.25) is 0 Å². The molecule has 2 aromatic carbocycles. The minimum Gasteiger partial charge on any atom is -0.493 e. The summed E-state index contributed by atoms with van der Waals surface area (Å²) >= 11 is 1.54. The zero-order valence-corrected chi connectivity index (χ0v) is 17.4. The van der Waals surface area contributed by atoms with Crippen LogP contribution in [0, 0.1) is 0 Å². The van der Waals surface area contributed by atoms with Crippen LogP contribution in [0.2, 0.25) is 0 Å². The van der Waals surface area contributed by atoms with Crippen LogP contribution in [0.5, 0.6) is 11.5 Å². The zero-order chi connectivity index (χ0) is 20.6. The fraction of sp³-hybridized carbons (Fsp3) is 0.238. The number of hydrogen-bond acceptors (Lipinski definition) is 6. The van der Waals surface area contributed by atoms with E-state index >= 15 is 0 Å². The first-order chi connectivity index (χ1) is 14.2. The number of amides is 1. The van der Waals surface area contributed by atoms with Gasteiger partial charge < -0.3 is 19.5 Å². The normalized spacial score (nSPS) is 10.6. The standard InChI is InChI=1S/C21H23N3O4S/c1-26-11-12-28-19-14-16(7-8-18(19)27-2)23-20(25)15-5-4-6-17(13-15)24-10-9-22-21(24)29-3/h4-10,13-14H,11-12H2,1-3H3,(H,23,25). The van der Waals surface area contributed by atoms with Crippen molar-refractivity contribution in [3.8, 4) is 17.2 Å². The molecule has 7 nitrogen and oxygen atoms in total. The van der Waals surface area contributed by atoms with Crippen LogP contribution >= 0.6 is 11.8 Å². The molecule has 0 aliphatic carbocycles. The number of ether oxygens (including phenoxy) is 3. The number of rotatable bonds is 9. The molecule has 0 aliphatic rings. The topological polar surface area (TPSA) is 74.6 Å². The maximum atomic E-state index is 12.8. The van der Waals surface area contributed by atoms with E-state index in [1.54, 1.807) is 56.4 Å². The van der Waals surface area contributed by atoms with E-state index in [1.807, 2.05) is 35.2 Å². The lowest BCUT2D eigenvalue weighted by Crippen LogP contribution is -2.13. The van der Waals surface area contributed by atoms with E-state index in [9.17, 15) is 4.79 Å². The second-order valence-corrected chi connectivity index (χ2v) is 6.77. The Kier molecular flexibility index (Phi) is 7.15. The summed E-state index contributed by atoms with van der Waals surface area (Å²) in [7, 11) is 3.18. The van der Waals surface area contributed by atoms with Crippen molar-refractivity contribution < 1.29 is 19.0 Å². The summed E-state index contributed by atoms with van der Waals surface area (Å²) in [6.45, 7) is 0.841. The van der Waals surface area contributed by atoms with Gasteiger partial charge in [-0.2, -0.15) is 0 Å². The summed E-state index contributed by atoms with van der Waals surface area (Å²) in [6, 6.07) is 12.6. The summed E-state index contributed by atoms with van der Waals surface area (Å²) in [5, 5.41) is 3.76. The van der Waals surface area contributed by atoms with E-state index in [0.29, 0.717) is 36.0 Å². The van der Waals surface area contributed by atoms with Crippen LogP contribution < -0.4 is 14.8 Å². The van der Waals surface area contributed by atoms with Crippen molar-refractivity contribution in [2.45, 2.75) is 5.16 Å². The van der Waals surface area contributed by atoms with Crippen molar-refractivity contribution in [3.05, 3.63) is 60.4 Å². The summed E-state index contributed by atoms with van der Waals surface area (Å²) in [5.74, 6) is 0.913. The fourth-order valence-corrected chi connectivity index (χ4v) is 3.27. The van der Waals surface area contributed by atoms with E-state index in [-0.39, 0.29) is 5.91 Å². The highest BCUT2D eigenvalue weighted by Crippen LogP contribution is 2.30. The molecule has 0 spiro atoms. The molecule has 3 aromatic rings. The predicted octanol–water partition coefficient (Wildman–Crippen LogP) is 3.88. The van der Waals surface area contributed by atoms with Gasteiger partial charge in [0.15, 0.2) is 16.7 Å². The Bertz CT molecular complexity index is 974. The Morgan fingerprint density at radius 1 is 1.14 bits per heavy atom. The van der Waals surface area contributed by atoms with Crippen molar-refractivity contribution in [1.29, 1.82) is 0 Å². The van der Waals surface area contributed by atoms with Gasteiger partial charge in [0.05, 0.1) is 13.7 Å². The Labute approximate surface area is 174 Å². The van der Waals surface area contributed by atoms with Crippen LogP contribution in [-0.2, 0) is 4.74 Å². The van der Waals surface area contributed by atoms with Crippen LogP contribution in [0.15, 0.2) is 60.0 Å². The highest BCUT2D eigenvalue weighted by molar-refractivity contribution is 7.98. The molecular formula is C21H23N3O4S. The number of methoxy groups -OCH3 is 2. The van der Waals surface area contributed by atoms with E-state index in [2.05, 4.69) is 10.3 Å². The molecule has 1 N–H and O–H groups in total. The van der Waals surface area contributed by atoms with Crippen molar-refractivity contribution in [2.24, 2.45) is 0 Å². The molecule has 0 aliphatic heterocycles. The molecule has 0 fully saturated rings. The van der Waals surface area contributed by atoms with E-state index < -0.39 is 0 Å². The molecule has 0 atom stereocenters. The quantitative estimate of drug-likeness (QED) is 0.424. The van der Waals surface area contributed by atoms with E-state index in [4.69, 9.17) is 14.2 Å². The van der Waals surface area contributed by atoms with Gasteiger partial charge in [-0.25, -0.2) is 4.98 Å². The lowest BCUT2D eigenvalue weighted by molar-refractivity contribution is 0.102. The van der Waals surface area contributed by atoms with E-state index in [1.165, 1.54) is 0 Å². The number of benzene rings is 2. The van der Waals surface area contributed by atoms with Crippen LogP contribution in [0.25, 0.3) is 5.69 Å². The van der Waals surface area contributed by atoms with Crippen LogP contribution in [0.4, 0.5) is 5.69 Å². The number of nitrogens with one attached hydrogen (secondary N) is 1. The first kappa shape index (κ1) is 20.8. The molecule has 29 heavy (non-hydrogen) atoms. The smallest absolute Gasteiger partial charge is 0.255 e. The maximum absolute atomic E-state index is 12.8. The lowest BCUT2D eigenvalue weighted by atomic mass is 10.1. The number of carbonyl (C=O) groups is 1. The monoisotopic (exact) mass is 413 g/mol. The van der Waals surface area contributed by atoms with Gasteiger partial charge >= 0.3 is 0 Å². The molecule has 0 saturated carbocycles. The van der Waals surface area contributed by atoms with Crippen LogP contribution in [-0.4, -0.2) is 49.1 Å². The number of carbonyl (C=O) groups excluding carboxylic acids is 1. The molecule has 1 aromatic heterocycles. The van der Waals surface area contributed by atoms with Crippen molar-refractivity contribution in [2.75, 3.05) is 39.0 Å². The Balaban J connectivity index is 1.78. The van der Waals surface area contributed by atoms with Gasteiger partial charge in [-0.1, -0.05) is 17.8 Å². The number of hydrogen-bond donors (Lipinski definition) is 1. The molecule has 0 bridgehead atoms. The SMILES string of the molecule is COCCOc1cc(NC(=O)c2cccc(-n3ccnc3SC)c2)ccc1OC. The number of aromatic nitrogens is 2. The zero-order valence-electron chi connectivity index (χ0n) is 16.5. The molecule has 0 unspecified atom stereocenters. The third-order valence-electron chi connectivity index (χ3n) is 4.14. The highest BCUT2D eigenvalue weighted by Gasteiger charge is 2.12. The van der Waals surface area contributed by atoms with Crippen LogP contribution in [0.1, 0.15) is 10.4 Å². The van der Waals surface area contributed by atoms with Crippen molar-refractivity contribution >= 4 is 23.4 Å². The average Bonchev–Trinajstić information content (AvgIpc) is 3.23. The summed E-state index contributed by atoms with van der Waals surface area (Å²) < 4.78 is 17.9. The Hall–Kier alpha value is -2.97. The second-order valence-electron chi connectivity index (χ2n) is 6.00. The molecule has 1 amide bonds. The first-order valence-corrected chi connectivity index (χ1v) is 10.2. The molecule has 3 rings (SSSR count). The summed E-state index contributed by atoms with van der Waals surface area (Å²) in [5.41, 5.74) is 2.03. The Morgan fingerprint density at radius 2 is 2.00 bits per heavy atom. The number of anilines is 1. The third kappa shape index (κ3) is 5.10.